The van der Waals surface area contributed by atoms with E-state index in [-0.39, 0.29) is 35.5 Å². The molecule has 0 aromatic carbocycles. The third-order valence-corrected chi connectivity index (χ3v) is 8.39. The molecule has 2 heterocycles. The van der Waals surface area contributed by atoms with E-state index in [0.29, 0.717) is 37.6 Å². The molecule has 0 amide bonds. The second-order valence-corrected chi connectivity index (χ2v) is 11.2. The number of rotatable bonds is 19. The summed E-state index contributed by atoms with van der Waals surface area (Å²) in [6, 6.07) is 0. The number of H-pyrrole nitrogens is 2. The summed E-state index contributed by atoms with van der Waals surface area (Å²) < 4.78 is 0. The molecule has 6 atom stereocenters. The van der Waals surface area contributed by atoms with Crippen molar-refractivity contribution >= 4 is 23.6 Å². The van der Waals surface area contributed by atoms with Gasteiger partial charge in [0.25, 0.3) is 0 Å². The molecule has 0 saturated heterocycles. The fourth-order valence-electron chi connectivity index (χ4n) is 6.14. The molecule has 2 fully saturated rings. The fraction of sp³-hybridized carbons (Fsp3) is 0.643. The first-order chi connectivity index (χ1) is 19.3. The summed E-state index contributed by atoms with van der Waals surface area (Å²) in [6.07, 6.45) is 14.7. The van der Waals surface area contributed by atoms with Gasteiger partial charge in [-0.2, -0.15) is 0 Å². The minimum Gasteiger partial charge on any atom is -0.481 e. The van der Waals surface area contributed by atoms with Crippen LogP contribution in [0.25, 0.3) is 0 Å². The Labute approximate surface area is 234 Å². The van der Waals surface area contributed by atoms with Gasteiger partial charge in [0.1, 0.15) is 0 Å². The second kappa shape index (κ2) is 14.1. The van der Waals surface area contributed by atoms with Crippen molar-refractivity contribution in [1.82, 2.24) is 19.9 Å². The number of aromatic nitrogens is 4. The summed E-state index contributed by atoms with van der Waals surface area (Å²) >= 11 is 0. The first kappa shape index (κ1) is 29.3. The molecule has 6 unspecified atom stereocenters. The number of carboxylic acids is 2. The lowest BCUT2D eigenvalue weighted by Gasteiger charge is -2.03. The normalized spacial score (nSPS) is 26.1. The Morgan fingerprint density at radius 1 is 0.725 bits per heavy atom. The highest BCUT2D eigenvalue weighted by Crippen LogP contribution is 2.51. The van der Waals surface area contributed by atoms with Crippen molar-refractivity contribution in [3.63, 3.8) is 0 Å². The van der Waals surface area contributed by atoms with Gasteiger partial charge in [-0.3, -0.25) is 19.6 Å². The Morgan fingerprint density at radius 3 is 1.50 bits per heavy atom. The SMILES string of the molecule is NC(CCCCC(N)=NCCCC1C(Cc2cnc[nH]2)C1C(=O)O)=NCCCC1C(Cc2cnc[nH]2)C1C(=O)O. The number of hydrogen-bond acceptors (Lipinski definition) is 6. The largest absolute Gasteiger partial charge is 0.481 e. The van der Waals surface area contributed by atoms with E-state index in [0.717, 1.165) is 62.8 Å². The first-order valence-corrected chi connectivity index (χ1v) is 14.3. The quantitative estimate of drug-likeness (QED) is 0.0861. The predicted octanol–water partition coefficient (Wildman–Crippen LogP) is 2.65. The molecule has 2 aliphatic carbocycles. The predicted molar refractivity (Wildman–Crippen MR) is 151 cm³/mol. The van der Waals surface area contributed by atoms with Gasteiger partial charge in [0.05, 0.1) is 36.2 Å². The zero-order valence-electron chi connectivity index (χ0n) is 22.9. The van der Waals surface area contributed by atoms with Crippen molar-refractivity contribution in [2.24, 2.45) is 57.0 Å². The summed E-state index contributed by atoms with van der Waals surface area (Å²) in [5, 5.41) is 19.0. The van der Waals surface area contributed by atoms with Crippen LogP contribution in [-0.4, -0.2) is 66.8 Å². The number of carboxylic acid groups (broad SMARTS) is 2. The average Bonchev–Trinajstić information content (AvgIpc) is 3.53. The van der Waals surface area contributed by atoms with Crippen LogP contribution in [0.5, 0.6) is 0 Å². The van der Waals surface area contributed by atoms with Crippen LogP contribution >= 0.6 is 0 Å². The Morgan fingerprint density at radius 2 is 1.15 bits per heavy atom. The lowest BCUT2D eigenvalue weighted by Crippen LogP contribution is -2.14. The van der Waals surface area contributed by atoms with Crippen LogP contribution in [0.15, 0.2) is 35.0 Å². The van der Waals surface area contributed by atoms with Gasteiger partial charge in [0.15, 0.2) is 0 Å². The molecule has 2 aromatic heterocycles. The molecule has 12 nitrogen and oxygen atoms in total. The van der Waals surface area contributed by atoms with Crippen molar-refractivity contribution in [2.45, 2.75) is 64.2 Å². The van der Waals surface area contributed by atoms with E-state index in [1.807, 2.05) is 0 Å². The number of nitrogens with zero attached hydrogens (tertiary/aromatic N) is 4. The minimum atomic E-state index is -0.718. The first-order valence-electron chi connectivity index (χ1n) is 14.3. The molecule has 40 heavy (non-hydrogen) atoms. The molecule has 0 aliphatic heterocycles. The van der Waals surface area contributed by atoms with E-state index >= 15 is 0 Å². The molecule has 218 valence electrons. The third-order valence-electron chi connectivity index (χ3n) is 8.39. The van der Waals surface area contributed by atoms with Crippen LogP contribution < -0.4 is 11.5 Å². The van der Waals surface area contributed by atoms with Gasteiger partial charge in [-0.15, -0.1) is 0 Å². The van der Waals surface area contributed by atoms with Crippen molar-refractivity contribution in [1.29, 1.82) is 0 Å². The number of carbonyl (C=O) groups is 2. The molecule has 8 N–H and O–H groups in total. The Balaban J connectivity index is 1.04. The molecule has 2 aromatic rings. The fourth-order valence-corrected chi connectivity index (χ4v) is 6.14. The van der Waals surface area contributed by atoms with Crippen molar-refractivity contribution in [2.75, 3.05) is 13.1 Å². The zero-order valence-corrected chi connectivity index (χ0v) is 22.9. The van der Waals surface area contributed by atoms with Crippen molar-refractivity contribution < 1.29 is 19.8 Å². The maximum atomic E-state index is 11.5. The summed E-state index contributed by atoms with van der Waals surface area (Å²) in [7, 11) is 0. The highest BCUT2D eigenvalue weighted by atomic mass is 16.4. The summed E-state index contributed by atoms with van der Waals surface area (Å²) in [5.41, 5.74) is 14.1. The van der Waals surface area contributed by atoms with E-state index in [4.69, 9.17) is 11.5 Å². The Hall–Kier alpha value is -3.70. The number of amidine groups is 2. The van der Waals surface area contributed by atoms with Crippen LogP contribution in [0.2, 0.25) is 0 Å². The maximum absolute atomic E-state index is 11.5. The monoisotopic (exact) mass is 554 g/mol. The van der Waals surface area contributed by atoms with E-state index in [2.05, 4.69) is 29.9 Å². The highest BCUT2D eigenvalue weighted by Gasteiger charge is 2.54. The number of aromatic amines is 2. The van der Waals surface area contributed by atoms with Gasteiger partial charge in [0, 0.05) is 49.7 Å². The molecular weight excluding hydrogens is 512 g/mol. The second-order valence-electron chi connectivity index (χ2n) is 11.2. The smallest absolute Gasteiger partial charge is 0.307 e. The molecule has 0 bridgehead atoms. The minimum absolute atomic E-state index is 0.159. The van der Waals surface area contributed by atoms with Gasteiger partial charge in [-0.1, -0.05) is 0 Å². The summed E-state index contributed by atoms with van der Waals surface area (Å²) in [4.78, 5) is 46.1. The molecule has 4 rings (SSSR count). The Bertz CT molecular complexity index is 1060. The Kier molecular flexibility index (Phi) is 10.3. The van der Waals surface area contributed by atoms with Crippen LogP contribution in [0.4, 0.5) is 0 Å². The number of imidazole rings is 2. The van der Waals surface area contributed by atoms with Crippen LogP contribution in [-0.2, 0) is 22.4 Å². The average molecular weight is 555 g/mol. The van der Waals surface area contributed by atoms with Crippen LogP contribution in [0.3, 0.4) is 0 Å². The highest BCUT2D eigenvalue weighted by molar-refractivity contribution is 5.81. The number of nitrogens with one attached hydrogen (secondary N) is 2. The molecule has 2 saturated carbocycles. The summed E-state index contributed by atoms with van der Waals surface area (Å²) in [5.74, 6) is -0.0633. The molecular formula is C28H42N8O4. The maximum Gasteiger partial charge on any atom is 0.307 e. The van der Waals surface area contributed by atoms with Gasteiger partial charge in [0.2, 0.25) is 0 Å². The standard InChI is InChI=1S/C28H42N8O4/c29-23(33-9-3-5-19-21(25(19)27(37)38)11-17-13-31-15-35-17)7-1-2-8-24(30)34-10-4-6-20-22(26(20)28(39)40)12-18-14-32-16-36-18/h13-16,19-22,25-26H,1-12H2,(H2,29,33)(H2,30,34)(H,31,35)(H,32,36)(H,37,38)(H,39,40). The van der Waals surface area contributed by atoms with Crippen molar-refractivity contribution in [3.8, 4) is 0 Å². The number of aliphatic carboxylic acids is 2. The van der Waals surface area contributed by atoms with E-state index < -0.39 is 11.9 Å². The summed E-state index contributed by atoms with van der Waals surface area (Å²) in [6.45, 7) is 1.23. The van der Waals surface area contributed by atoms with Gasteiger partial charge >= 0.3 is 11.9 Å². The van der Waals surface area contributed by atoms with Crippen molar-refractivity contribution in [3.05, 3.63) is 36.4 Å². The number of nitrogens with two attached hydrogens (primary N) is 2. The van der Waals surface area contributed by atoms with E-state index in [1.54, 1.807) is 25.0 Å². The molecule has 0 radical (unpaired) electrons. The van der Waals surface area contributed by atoms with Crippen LogP contribution in [0, 0.1) is 35.5 Å². The molecule has 2 aliphatic rings. The van der Waals surface area contributed by atoms with Gasteiger partial charge in [-0.25, -0.2) is 9.97 Å². The zero-order chi connectivity index (χ0) is 28.5. The van der Waals surface area contributed by atoms with Gasteiger partial charge in [-0.05, 0) is 75.0 Å². The number of hydrogen-bond donors (Lipinski definition) is 6. The number of unbranched alkanes of at least 4 members (excludes halogenated alkanes) is 1. The van der Waals surface area contributed by atoms with E-state index in [9.17, 15) is 19.8 Å². The lowest BCUT2D eigenvalue weighted by molar-refractivity contribution is -0.140. The number of aliphatic imine (C=N–C) groups is 2. The van der Waals surface area contributed by atoms with Gasteiger partial charge < -0.3 is 31.6 Å². The van der Waals surface area contributed by atoms with Crippen LogP contribution in [0.1, 0.15) is 62.8 Å². The molecule has 0 spiro atoms. The topological polar surface area (TPSA) is 209 Å². The lowest BCUT2D eigenvalue weighted by atomic mass is 10.1. The third kappa shape index (κ3) is 8.40. The van der Waals surface area contributed by atoms with E-state index in [1.165, 1.54) is 0 Å². The molecule has 12 heteroatoms.